The summed E-state index contributed by atoms with van der Waals surface area (Å²) in [4.78, 5) is 7.35. The summed E-state index contributed by atoms with van der Waals surface area (Å²) in [5, 5.41) is 17.8. The molecular weight excluding hydrogens is 324 g/mol. The fourth-order valence-corrected chi connectivity index (χ4v) is 2.32. The van der Waals surface area contributed by atoms with Crippen molar-refractivity contribution in [2.75, 3.05) is 6.54 Å². The maximum Gasteiger partial charge on any atom is 0.145 e. The largest absolute Gasteiger partial charge is 0.373 e. The van der Waals surface area contributed by atoms with Gasteiger partial charge in [0.1, 0.15) is 12.0 Å². The van der Waals surface area contributed by atoms with Gasteiger partial charge in [0.2, 0.25) is 0 Å². The minimum Gasteiger partial charge on any atom is -0.373 e. The van der Waals surface area contributed by atoms with Crippen LogP contribution in [0.25, 0.3) is 12.7 Å². The van der Waals surface area contributed by atoms with Crippen LogP contribution >= 0.6 is 0 Å². The molecule has 0 bridgehead atoms. The molecule has 0 saturated carbocycles. The van der Waals surface area contributed by atoms with Crippen molar-refractivity contribution in [1.82, 2.24) is 15.6 Å². The molecule has 1 aromatic carbocycles. The third-order valence-electron chi connectivity index (χ3n) is 3.76. The van der Waals surface area contributed by atoms with Crippen LogP contribution in [-0.4, -0.2) is 22.8 Å². The molecule has 0 fully saturated rings. The molecule has 0 radical (unpaired) electrons. The molecule has 136 valence electrons. The fourth-order valence-electron chi connectivity index (χ4n) is 2.32. The summed E-state index contributed by atoms with van der Waals surface area (Å²) in [5.74, 6) is 0.581. The molecule has 1 unspecified atom stereocenters. The van der Waals surface area contributed by atoms with Crippen LogP contribution in [0.2, 0.25) is 0 Å². The number of hydrogen-bond acceptors (Lipinski definition) is 4. The van der Waals surface area contributed by atoms with Crippen LogP contribution in [-0.2, 0) is 6.54 Å². The number of aromatic amines is 1. The smallest absolute Gasteiger partial charge is 0.145 e. The quantitative estimate of drug-likeness (QED) is 0.228. The summed E-state index contributed by atoms with van der Waals surface area (Å²) >= 11 is 0. The maximum atomic E-state index is 10.1. The van der Waals surface area contributed by atoms with E-state index in [9.17, 15) is 5.11 Å². The minimum atomic E-state index is -0.767. The first kappa shape index (κ1) is 19.4. The number of aromatic nitrogens is 1. The first-order chi connectivity index (χ1) is 12.6. The lowest BCUT2D eigenvalue weighted by atomic mass is 10.2. The van der Waals surface area contributed by atoms with Crippen LogP contribution in [0.1, 0.15) is 23.9 Å². The Balaban J connectivity index is 1.92. The average Bonchev–Trinajstić information content (AvgIpc) is 3.02. The molecule has 4 N–H and O–H groups in total. The minimum absolute atomic E-state index is 0.581. The van der Waals surface area contributed by atoms with E-state index in [1.165, 1.54) is 5.56 Å². The van der Waals surface area contributed by atoms with Crippen molar-refractivity contribution >= 4 is 18.9 Å². The van der Waals surface area contributed by atoms with Gasteiger partial charge >= 0.3 is 0 Å². The van der Waals surface area contributed by atoms with Crippen LogP contribution in [0.5, 0.6) is 0 Å². The van der Waals surface area contributed by atoms with Gasteiger partial charge in [-0.3, -0.25) is 5.32 Å². The van der Waals surface area contributed by atoms with E-state index >= 15 is 0 Å². The molecule has 0 saturated heterocycles. The summed E-state index contributed by atoms with van der Waals surface area (Å²) < 4.78 is 0. The normalized spacial score (nSPS) is 13.0. The highest BCUT2D eigenvalue weighted by Crippen LogP contribution is 2.02. The standard InChI is InChI=1S/C21H26N4O/c1-4-5-12-23-21(26)20-14-19(16(2)25-20)11-13-22-17(3)24-15-18-9-7-6-8-10-18/h4,6-11,13-14,21,23-26H,1-3,5,12,15H2/b19-11-,22-13-. The van der Waals surface area contributed by atoms with Crippen molar-refractivity contribution < 1.29 is 5.11 Å². The second-order valence-corrected chi connectivity index (χ2v) is 5.82. The van der Waals surface area contributed by atoms with Gasteiger partial charge in [0.25, 0.3) is 0 Å². The van der Waals surface area contributed by atoms with Crippen molar-refractivity contribution in [3.63, 3.8) is 0 Å². The Kier molecular flexibility index (Phi) is 7.61. The van der Waals surface area contributed by atoms with Crippen molar-refractivity contribution in [3.05, 3.63) is 83.3 Å². The van der Waals surface area contributed by atoms with Gasteiger partial charge in [0.05, 0.1) is 5.69 Å². The lowest BCUT2D eigenvalue weighted by Gasteiger charge is -2.09. The molecule has 1 heterocycles. The number of nitrogens with one attached hydrogen (secondary N) is 3. The molecule has 0 aliphatic carbocycles. The summed E-state index contributed by atoms with van der Waals surface area (Å²) in [5.41, 5.74) is 1.83. The molecule has 2 rings (SSSR count). The predicted molar refractivity (Wildman–Crippen MR) is 109 cm³/mol. The number of aliphatic imine (C=N–C) groups is 1. The highest BCUT2D eigenvalue weighted by atomic mass is 16.3. The van der Waals surface area contributed by atoms with E-state index < -0.39 is 6.23 Å². The van der Waals surface area contributed by atoms with Gasteiger partial charge in [-0.05, 0) is 24.1 Å². The Labute approximate surface area is 154 Å². The number of hydrogen-bond donors (Lipinski definition) is 4. The number of aliphatic hydroxyl groups excluding tert-OH is 1. The van der Waals surface area contributed by atoms with Gasteiger partial charge in [-0.25, -0.2) is 4.99 Å². The molecule has 0 amide bonds. The SMILES string of the molecule is C=CCCNC(O)c1c/c(=C/C=N\C(=C)NCc2ccccc2)c(=C)[nH]1. The van der Waals surface area contributed by atoms with E-state index in [2.05, 4.69) is 40.3 Å². The molecular formula is C21H26N4O. The molecule has 1 aromatic heterocycles. The van der Waals surface area contributed by atoms with E-state index in [0.717, 1.165) is 17.0 Å². The van der Waals surface area contributed by atoms with Crippen LogP contribution in [0, 0.1) is 0 Å². The second-order valence-electron chi connectivity index (χ2n) is 5.82. The predicted octanol–water partition coefficient (Wildman–Crippen LogP) is 1.69. The number of H-pyrrole nitrogens is 1. The molecule has 0 aliphatic heterocycles. The van der Waals surface area contributed by atoms with Gasteiger partial charge in [-0.15, -0.1) is 6.58 Å². The highest BCUT2D eigenvalue weighted by molar-refractivity contribution is 5.91. The molecule has 26 heavy (non-hydrogen) atoms. The lowest BCUT2D eigenvalue weighted by Crippen LogP contribution is -2.22. The Morgan fingerprint density at radius 3 is 2.81 bits per heavy atom. The lowest BCUT2D eigenvalue weighted by molar-refractivity contribution is 0.136. The maximum absolute atomic E-state index is 10.1. The number of benzene rings is 1. The van der Waals surface area contributed by atoms with E-state index in [1.54, 1.807) is 12.3 Å². The van der Waals surface area contributed by atoms with Gasteiger partial charge in [0, 0.05) is 29.9 Å². The van der Waals surface area contributed by atoms with Crippen LogP contribution < -0.4 is 21.2 Å². The Hall–Kier alpha value is -2.89. The Bertz CT molecular complexity index is 852. The summed E-state index contributed by atoms with van der Waals surface area (Å²) in [6.07, 6.45) is 5.32. The van der Waals surface area contributed by atoms with Crippen LogP contribution in [0.3, 0.4) is 0 Å². The average molecular weight is 350 g/mol. The molecule has 5 nitrogen and oxygen atoms in total. The Morgan fingerprint density at radius 2 is 2.08 bits per heavy atom. The van der Waals surface area contributed by atoms with Crippen LogP contribution in [0.4, 0.5) is 0 Å². The van der Waals surface area contributed by atoms with E-state index in [1.807, 2.05) is 42.5 Å². The molecule has 5 heteroatoms. The summed E-state index contributed by atoms with van der Waals surface area (Å²) in [7, 11) is 0. The van der Waals surface area contributed by atoms with Gasteiger partial charge in [0.15, 0.2) is 0 Å². The first-order valence-electron chi connectivity index (χ1n) is 8.51. The van der Waals surface area contributed by atoms with Gasteiger partial charge in [-0.2, -0.15) is 0 Å². The topological polar surface area (TPSA) is 72.4 Å². The van der Waals surface area contributed by atoms with Gasteiger partial charge in [-0.1, -0.05) is 49.6 Å². The van der Waals surface area contributed by atoms with Crippen LogP contribution in [0.15, 0.2) is 66.4 Å². The van der Waals surface area contributed by atoms with E-state index in [4.69, 9.17) is 0 Å². The molecule has 0 spiro atoms. The van der Waals surface area contributed by atoms with Gasteiger partial charge < -0.3 is 15.4 Å². The fraction of sp³-hybridized carbons (Fsp3) is 0.190. The van der Waals surface area contributed by atoms with E-state index in [-0.39, 0.29) is 0 Å². The zero-order valence-corrected chi connectivity index (χ0v) is 14.9. The number of rotatable bonds is 10. The van der Waals surface area contributed by atoms with Crippen molar-refractivity contribution in [3.8, 4) is 0 Å². The summed E-state index contributed by atoms with van der Waals surface area (Å²) in [6, 6.07) is 11.9. The third-order valence-corrected chi connectivity index (χ3v) is 3.76. The second kappa shape index (κ2) is 10.2. The molecule has 1 atom stereocenters. The zero-order chi connectivity index (χ0) is 18.8. The van der Waals surface area contributed by atoms with Crippen molar-refractivity contribution in [2.45, 2.75) is 19.2 Å². The van der Waals surface area contributed by atoms with Crippen molar-refractivity contribution in [1.29, 1.82) is 0 Å². The number of aliphatic hydroxyl groups is 1. The van der Waals surface area contributed by atoms with E-state index in [0.29, 0.717) is 24.6 Å². The Morgan fingerprint density at radius 1 is 1.31 bits per heavy atom. The zero-order valence-electron chi connectivity index (χ0n) is 14.9. The highest BCUT2D eigenvalue weighted by Gasteiger charge is 2.07. The number of nitrogens with zero attached hydrogens (tertiary/aromatic N) is 1. The molecule has 0 aliphatic rings. The van der Waals surface area contributed by atoms with Crippen molar-refractivity contribution in [2.24, 2.45) is 4.99 Å². The summed E-state index contributed by atoms with van der Waals surface area (Å²) in [6.45, 7) is 12.8. The monoisotopic (exact) mass is 350 g/mol. The third kappa shape index (κ3) is 6.20. The first-order valence-corrected chi connectivity index (χ1v) is 8.51. The molecule has 2 aromatic rings.